The average Bonchev–Trinajstić information content (AvgIpc) is 3.04. The Kier molecular flexibility index (Phi) is 15.5. The van der Waals surface area contributed by atoms with Crippen molar-refractivity contribution in [1.29, 1.82) is 0 Å². The zero-order chi connectivity index (χ0) is 34.1. The quantitative estimate of drug-likeness (QED) is 0.167. The Hall–Kier alpha value is -4.63. The second-order valence-electron chi connectivity index (χ2n) is 11.6. The van der Waals surface area contributed by atoms with Crippen LogP contribution in [0.2, 0.25) is 0 Å². The van der Waals surface area contributed by atoms with E-state index in [1.54, 1.807) is 33.6 Å². The third-order valence-corrected chi connectivity index (χ3v) is 6.40. The molecule has 244 valence electrons. The Morgan fingerprint density at radius 1 is 0.913 bits per heavy atom. The van der Waals surface area contributed by atoms with Crippen LogP contribution >= 0.6 is 0 Å². The molecular formula is C38H46N2O6. The van der Waals surface area contributed by atoms with Crippen molar-refractivity contribution in [2.24, 2.45) is 5.73 Å². The molecule has 1 heterocycles. The van der Waals surface area contributed by atoms with Crippen molar-refractivity contribution in [1.82, 2.24) is 4.98 Å². The number of fused-ring (bicyclic) bond motifs is 2. The van der Waals surface area contributed by atoms with Crippen LogP contribution in [0.1, 0.15) is 43.1 Å². The number of carbonyl (C=O) groups excluding carboxylic acids is 2. The summed E-state index contributed by atoms with van der Waals surface area (Å²) >= 11 is 0. The van der Waals surface area contributed by atoms with E-state index in [0.717, 1.165) is 33.9 Å². The fraction of sp³-hybridized carbons (Fsp3) is 0.289. The predicted octanol–water partition coefficient (Wildman–Crippen LogP) is 7.07. The molecule has 8 nitrogen and oxygen atoms in total. The highest BCUT2D eigenvalue weighted by Gasteiger charge is 2.13. The highest BCUT2D eigenvalue weighted by atomic mass is 16.5. The predicted molar refractivity (Wildman–Crippen MR) is 187 cm³/mol. The number of hydrogen-bond donors (Lipinski definition) is 2. The van der Waals surface area contributed by atoms with Gasteiger partial charge in [0.25, 0.3) is 0 Å². The van der Waals surface area contributed by atoms with Crippen molar-refractivity contribution >= 4 is 34.8 Å². The molecule has 0 fully saturated rings. The Labute approximate surface area is 272 Å². The number of carbonyl (C=O) groups is 2. The fourth-order valence-corrected chi connectivity index (χ4v) is 4.47. The molecule has 1 unspecified atom stereocenters. The molecule has 3 N–H and O–H groups in total. The maximum absolute atomic E-state index is 11.5. The topological polar surface area (TPSA) is 121 Å². The van der Waals surface area contributed by atoms with Crippen LogP contribution in [0.25, 0.3) is 32.8 Å². The van der Waals surface area contributed by atoms with Crippen LogP contribution in [0, 0.1) is 0 Å². The van der Waals surface area contributed by atoms with Gasteiger partial charge in [-0.2, -0.15) is 0 Å². The summed E-state index contributed by atoms with van der Waals surface area (Å²) in [5.74, 6) is 1.34. The molecule has 0 aliphatic carbocycles. The molecule has 0 saturated heterocycles. The second kappa shape index (κ2) is 19.0. The number of aliphatic hydroxyl groups excluding tert-OH is 1. The van der Waals surface area contributed by atoms with E-state index < -0.39 is 6.10 Å². The number of aldehydes is 1. The van der Waals surface area contributed by atoms with Crippen LogP contribution in [0.3, 0.4) is 0 Å². The third-order valence-electron chi connectivity index (χ3n) is 6.40. The number of benzene rings is 4. The normalized spacial score (nSPS) is 11.1. The molecule has 4 aromatic carbocycles. The highest BCUT2D eigenvalue weighted by molar-refractivity contribution is 5.98. The van der Waals surface area contributed by atoms with E-state index in [0.29, 0.717) is 36.5 Å². The first-order valence-electron chi connectivity index (χ1n) is 14.8. The first-order valence-corrected chi connectivity index (χ1v) is 14.8. The van der Waals surface area contributed by atoms with Crippen LogP contribution in [0.4, 0.5) is 0 Å². The summed E-state index contributed by atoms with van der Waals surface area (Å²) in [6, 6.07) is 27.7. The molecule has 0 aliphatic heterocycles. The second-order valence-corrected chi connectivity index (χ2v) is 11.6. The number of methoxy groups -OCH3 is 2. The van der Waals surface area contributed by atoms with Crippen LogP contribution in [-0.2, 0) is 16.0 Å². The summed E-state index contributed by atoms with van der Waals surface area (Å²) in [5, 5.41) is 13.8. The van der Waals surface area contributed by atoms with E-state index >= 15 is 0 Å². The van der Waals surface area contributed by atoms with Gasteiger partial charge in [-0.15, -0.1) is 0 Å². The van der Waals surface area contributed by atoms with Gasteiger partial charge < -0.3 is 29.8 Å². The Bertz CT molecular complexity index is 1660. The Morgan fingerprint density at radius 3 is 2.24 bits per heavy atom. The number of nitrogens with two attached hydrogens (primary N) is 1. The van der Waals surface area contributed by atoms with Crippen molar-refractivity contribution < 1.29 is 28.9 Å². The van der Waals surface area contributed by atoms with Gasteiger partial charge >= 0.3 is 0 Å². The Balaban J connectivity index is 0.000000653. The molecular weight excluding hydrogens is 580 g/mol. The standard InChI is InChI=1S/C31H27NO4.C4H11N.C2H6O.CH2O/c1-35-27-9-10-28(24-8-11-30-29(18-24)25(20-33)12-14-32-30)31(19-27)36-15-13-26(34)17-21-6-7-22-4-2-3-5-23(22)16-21;1-4(2,3)5;1-3-2;1-2/h2-12,14,16,18-20,26,34H,13,15,17H2,1H3;5H2,1-3H3;1-2H3;1H2. The molecule has 1 atom stereocenters. The highest BCUT2D eigenvalue weighted by Crippen LogP contribution is 2.35. The monoisotopic (exact) mass is 626 g/mol. The lowest BCUT2D eigenvalue weighted by atomic mass is 10.00. The summed E-state index contributed by atoms with van der Waals surface area (Å²) in [6.45, 7) is 8.25. The maximum Gasteiger partial charge on any atom is 0.150 e. The van der Waals surface area contributed by atoms with Gasteiger partial charge in [-0.1, -0.05) is 48.5 Å². The smallest absolute Gasteiger partial charge is 0.150 e. The van der Waals surface area contributed by atoms with E-state index in [1.165, 1.54) is 10.8 Å². The molecule has 8 heteroatoms. The number of aliphatic hydroxyl groups is 1. The lowest BCUT2D eigenvalue weighted by Gasteiger charge is -2.16. The lowest BCUT2D eigenvalue weighted by molar-refractivity contribution is -0.0980. The van der Waals surface area contributed by atoms with Crippen molar-refractivity contribution in [3.05, 3.63) is 102 Å². The minimum Gasteiger partial charge on any atom is -0.497 e. The molecule has 5 aromatic rings. The summed E-state index contributed by atoms with van der Waals surface area (Å²) in [5.41, 5.74) is 9.59. The molecule has 0 aliphatic rings. The number of aromatic nitrogens is 1. The molecule has 1 aromatic heterocycles. The van der Waals surface area contributed by atoms with E-state index in [1.807, 2.05) is 76.1 Å². The van der Waals surface area contributed by atoms with Gasteiger partial charge in [0.15, 0.2) is 6.29 Å². The van der Waals surface area contributed by atoms with Crippen molar-refractivity contribution in [3.8, 4) is 22.6 Å². The first-order chi connectivity index (χ1) is 22.1. The van der Waals surface area contributed by atoms with E-state index in [-0.39, 0.29) is 5.54 Å². The lowest BCUT2D eigenvalue weighted by Crippen LogP contribution is -2.26. The zero-order valence-corrected chi connectivity index (χ0v) is 27.7. The largest absolute Gasteiger partial charge is 0.497 e. The van der Waals surface area contributed by atoms with Crippen molar-refractivity contribution in [2.75, 3.05) is 27.9 Å². The molecule has 0 spiro atoms. The summed E-state index contributed by atoms with van der Waals surface area (Å²) < 4.78 is 15.8. The number of nitrogens with zero attached hydrogens (tertiary/aromatic N) is 1. The molecule has 46 heavy (non-hydrogen) atoms. The fourth-order valence-electron chi connectivity index (χ4n) is 4.47. The van der Waals surface area contributed by atoms with Crippen molar-refractivity contribution in [2.45, 2.75) is 45.3 Å². The number of ether oxygens (including phenoxy) is 3. The molecule has 5 rings (SSSR count). The van der Waals surface area contributed by atoms with Gasteiger partial charge in [0.1, 0.15) is 18.3 Å². The van der Waals surface area contributed by atoms with Gasteiger partial charge in [0, 0.05) is 55.0 Å². The summed E-state index contributed by atoms with van der Waals surface area (Å²) in [7, 11) is 4.87. The average molecular weight is 627 g/mol. The molecule has 0 saturated carbocycles. The molecule has 0 amide bonds. The number of rotatable bonds is 9. The minimum absolute atomic E-state index is 0. The number of pyridine rings is 1. The van der Waals surface area contributed by atoms with Gasteiger partial charge in [-0.3, -0.25) is 9.78 Å². The van der Waals surface area contributed by atoms with E-state index in [4.69, 9.17) is 20.0 Å². The van der Waals surface area contributed by atoms with Gasteiger partial charge in [0.2, 0.25) is 0 Å². The van der Waals surface area contributed by atoms with E-state index in [9.17, 15) is 9.90 Å². The summed E-state index contributed by atoms with van der Waals surface area (Å²) in [6.07, 6.45) is 3.00. The van der Waals surface area contributed by atoms with Crippen molar-refractivity contribution in [3.63, 3.8) is 0 Å². The first kappa shape index (κ1) is 37.6. The van der Waals surface area contributed by atoms with E-state index in [2.05, 4.69) is 40.1 Å². The van der Waals surface area contributed by atoms with Gasteiger partial charge in [0.05, 0.1) is 25.3 Å². The molecule has 0 bridgehead atoms. The van der Waals surface area contributed by atoms with Gasteiger partial charge in [-0.05, 0) is 79.4 Å². The molecule has 0 radical (unpaired) electrons. The van der Waals surface area contributed by atoms with Gasteiger partial charge in [-0.25, -0.2) is 0 Å². The number of hydrogen-bond acceptors (Lipinski definition) is 8. The minimum atomic E-state index is -0.526. The van der Waals surface area contributed by atoms with Crippen LogP contribution in [0.5, 0.6) is 11.5 Å². The van der Waals surface area contributed by atoms with Crippen LogP contribution < -0.4 is 15.2 Å². The zero-order valence-electron chi connectivity index (χ0n) is 27.7. The third kappa shape index (κ3) is 12.0. The summed E-state index contributed by atoms with van der Waals surface area (Å²) in [4.78, 5) is 23.9. The van der Waals surface area contributed by atoms with Crippen LogP contribution in [-0.4, -0.2) is 62.7 Å². The van der Waals surface area contributed by atoms with Crippen LogP contribution in [0.15, 0.2) is 91.1 Å². The Morgan fingerprint density at radius 2 is 1.59 bits per heavy atom. The SMILES string of the molecule is C=O.CC(C)(C)N.COC.COc1ccc(-c2ccc3nccc(C=O)c3c2)c(OCCC(O)Cc2ccc3ccccc3c2)c1. The maximum atomic E-state index is 11.5.